The van der Waals surface area contributed by atoms with Gasteiger partial charge in [0.2, 0.25) is 0 Å². The quantitative estimate of drug-likeness (QED) is 0.639. The lowest BCUT2D eigenvalue weighted by Gasteiger charge is -2.03. The molecule has 6 heteroatoms. The van der Waals surface area contributed by atoms with E-state index in [0.717, 1.165) is 5.56 Å². The molecule has 0 radical (unpaired) electrons. The molecule has 0 aliphatic rings. The summed E-state index contributed by atoms with van der Waals surface area (Å²) in [4.78, 5) is 11.9. The summed E-state index contributed by atoms with van der Waals surface area (Å²) in [5.74, 6) is -0.316. The molecule has 0 unspecified atom stereocenters. The van der Waals surface area contributed by atoms with Crippen molar-refractivity contribution in [2.24, 2.45) is 5.10 Å². The van der Waals surface area contributed by atoms with Crippen LogP contribution in [0.4, 0.5) is 0 Å². The normalized spacial score (nSPS) is 10.8. The molecule has 2 N–H and O–H groups in total. The summed E-state index contributed by atoms with van der Waals surface area (Å²) in [6.07, 6.45) is 1.33. The van der Waals surface area contributed by atoms with Gasteiger partial charge in [-0.2, -0.15) is 5.10 Å². The molecule has 4 nitrogen and oxygen atoms in total. The number of carbonyl (C=O) groups is 1. The summed E-state index contributed by atoms with van der Waals surface area (Å²) in [5, 5.41) is 14.1. The first-order valence-corrected chi connectivity index (χ1v) is 7.22. The number of phenolic OH excluding ortho intramolecular Hbond substituents is 1. The Morgan fingerprint density at radius 3 is 2.86 bits per heavy atom. The molecule has 0 atom stereocenters. The van der Waals surface area contributed by atoms with E-state index < -0.39 is 0 Å². The van der Waals surface area contributed by atoms with Crippen molar-refractivity contribution in [1.29, 1.82) is 0 Å². The molecule has 0 bridgehead atoms. The molecule has 21 heavy (non-hydrogen) atoms. The van der Waals surface area contributed by atoms with Crippen LogP contribution >= 0.6 is 27.5 Å². The number of carbonyl (C=O) groups excluding carboxylic acids is 1. The van der Waals surface area contributed by atoms with E-state index in [2.05, 4.69) is 26.5 Å². The molecule has 0 saturated heterocycles. The molecule has 1 amide bonds. The molecule has 0 aromatic heterocycles. The minimum atomic E-state index is -0.324. The number of halogens is 2. The summed E-state index contributed by atoms with van der Waals surface area (Å²) >= 11 is 9.07. The third-order valence-electron chi connectivity index (χ3n) is 2.71. The van der Waals surface area contributed by atoms with E-state index in [4.69, 9.17) is 11.6 Å². The van der Waals surface area contributed by atoms with Crippen molar-refractivity contribution in [3.63, 3.8) is 0 Å². The van der Waals surface area contributed by atoms with Crippen LogP contribution in [0.25, 0.3) is 0 Å². The third kappa shape index (κ3) is 4.06. The van der Waals surface area contributed by atoms with Crippen LogP contribution in [0.1, 0.15) is 21.5 Å². The molecule has 108 valence electrons. The van der Waals surface area contributed by atoms with Gasteiger partial charge in [-0.25, -0.2) is 5.43 Å². The molecule has 0 fully saturated rings. The van der Waals surface area contributed by atoms with Gasteiger partial charge in [-0.05, 0) is 47.1 Å². The van der Waals surface area contributed by atoms with Crippen LogP contribution in [0.5, 0.6) is 5.75 Å². The van der Waals surface area contributed by atoms with Crippen molar-refractivity contribution >= 4 is 39.7 Å². The Morgan fingerprint density at radius 2 is 2.14 bits per heavy atom. The maximum absolute atomic E-state index is 11.9. The van der Waals surface area contributed by atoms with Gasteiger partial charge >= 0.3 is 0 Å². The Hall–Kier alpha value is -1.85. The van der Waals surface area contributed by atoms with E-state index in [9.17, 15) is 9.90 Å². The maximum Gasteiger partial charge on any atom is 0.271 e. The van der Waals surface area contributed by atoms with Crippen LogP contribution in [0, 0.1) is 6.92 Å². The zero-order valence-corrected chi connectivity index (χ0v) is 13.4. The van der Waals surface area contributed by atoms with Crippen molar-refractivity contribution in [3.05, 3.63) is 62.6 Å². The van der Waals surface area contributed by atoms with Crippen molar-refractivity contribution in [2.75, 3.05) is 0 Å². The lowest BCUT2D eigenvalue weighted by molar-refractivity contribution is 0.0955. The molecule has 0 aliphatic heterocycles. The average molecular weight is 368 g/mol. The van der Waals surface area contributed by atoms with Crippen LogP contribution in [0.2, 0.25) is 5.02 Å². The molecule has 0 saturated carbocycles. The summed E-state index contributed by atoms with van der Waals surface area (Å²) in [6.45, 7) is 1.90. The first-order valence-electron chi connectivity index (χ1n) is 6.05. The zero-order chi connectivity index (χ0) is 15.4. The van der Waals surface area contributed by atoms with E-state index in [0.29, 0.717) is 20.6 Å². The van der Waals surface area contributed by atoms with Gasteiger partial charge in [0.1, 0.15) is 5.75 Å². The topological polar surface area (TPSA) is 61.7 Å². The minimum Gasteiger partial charge on any atom is -0.506 e. The zero-order valence-electron chi connectivity index (χ0n) is 11.1. The number of phenols is 1. The molecular weight excluding hydrogens is 356 g/mol. The van der Waals surface area contributed by atoms with E-state index in [1.807, 2.05) is 13.0 Å². The number of hydrogen-bond donors (Lipinski definition) is 2. The van der Waals surface area contributed by atoms with E-state index >= 15 is 0 Å². The highest BCUT2D eigenvalue weighted by Crippen LogP contribution is 2.30. The predicted octanol–water partition coefficient (Wildman–Crippen LogP) is 3.88. The first-order chi connectivity index (χ1) is 9.97. The highest BCUT2D eigenvalue weighted by Gasteiger charge is 2.06. The Bertz CT molecular complexity index is 717. The summed E-state index contributed by atoms with van der Waals surface area (Å²) < 4.78 is 0.460. The van der Waals surface area contributed by atoms with Gasteiger partial charge in [-0.15, -0.1) is 0 Å². The predicted molar refractivity (Wildman–Crippen MR) is 87.1 cm³/mol. The number of hydrazone groups is 1. The van der Waals surface area contributed by atoms with Crippen LogP contribution in [0.3, 0.4) is 0 Å². The first kappa shape index (κ1) is 15.5. The van der Waals surface area contributed by atoms with Crippen LogP contribution in [0.15, 0.2) is 46.0 Å². The molecule has 0 heterocycles. The molecule has 2 aromatic rings. The molecular formula is C15H12BrClN2O2. The maximum atomic E-state index is 11.9. The molecule has 2 rings (SSSR count). The third-order valence-corrected chi connectivity index (χ3v) is 3.53. The minimum absolute atomic E-state index is 0.00737. The second-order valence-electron chi connectivity index (χ2n) is 4.39. The van der Waals surface area contributed by atoms with Crippen LogP contribution in [-0.2, 0) is 0 Å². The number of aromatic hydroxyl groups is 1. The Balaban J connectivity index is 2.11. The fourth-order valence-electron chi connectivity index (χ4n) is 1.70. The van der Waals surface area contributed by atoms with Crippen LogP contribution in [-0.4, -0.2) is 17.2 Å². The fourth-order valence-corrected chi connectivity index (χ4v) is 2.53. The number of benzene rings is 2. The van der Waals surface area contributed by atoms with Crippen molar-refractivity contribution in [1.82, 2.24) is 5.43 Å². The SMILES string of the molecule is Cc1cccc(C(=O)N/N=C/c2cc(Cl)cc(Br)c2O)c1. The van der Waals surface area contributed by atoms with Gasteiger partial charge in [0.15, 0.2) is 0 Å². The summed E-state index contributed by atoms with van der Waals surface area (Å²) in [6, 6.07) is 10.3. The van der Waals surface area contributed by atoms with Gasteiger partial charge in [0.05, 0.1) is 10.7 Å². The van der Waals surface area contributed by atoms with Gasteiger partial charge in [0, 0.05) is 16.1 Å². The Kier molecular flexibility index (Phi) is 4.98. The number of nitrogens with one attached hydrogen (secondary N) is 1. The van der Waals surface area contributed by atoms with E-state index in [1.54, 1.807) is 30.3 Å². The monoisotopic (exact) mass is 366 g/mol. The van der Waals surface area contributed by atoms with Crippen LogP contribution < -0.4 is 5.43 Å². The highest BCUT2D eigenvalue weighted by atomic mass is 79.9. The summed E-state index contributed by atoms with van der Waals surface area (Å²) in [7, 11) is 0. The van der Waals surface area contributed by atoms with Gasteiger partial charge in [0.25, 0.3) is 5.91 Å². The standard InChI is InChI=1S/C15H12BrClN2O2/c1-9-3-2-4-10(5-9)15(21)19-18-8-11-6-12(17)7-13(16)14(11)20/h2-8,20H,1H3,(H,19,21)/b18-8+. The largest absolute Gasteiger partial charge is 0.506 e. The van der Waals surface area contributed by atoms with Gasteiger partial charge in [-0.3, -0.25) is 4.79 Å². The molecule has 0 spiro atoms. The number of hydrogen-bond acceptors (Lipinski definition) is 3. The lowest BCUT2D eigenvalue weighted by Crippen LogP contribution is -2.17. The van der Waals surface area contributed by atoms with E-state index in [1.165, 1.54) is 6.21 Å². The fraction of sp³-hybridized carbons (Fsp3) is 0.0667. The number of nitrogens with zero attached hydrogens (tertiary/aromatic N) is 1. The lowest BCUT2D eigenvalue weighted by atomic mass is 10.1. The second kappa shape index (κ2) is 6.74. The average Bonchev–Trinajstić information content (AvgIpc) is 2.43. The van der Waals surface area contributed by atoms with Crippen molar-refractivity contribution in [2.45, 2.75) is 6.92 Å². The Labute approximate surface area is 135 Å². The van der Waals surface area contributed by atoms with Gasteiger partial charge < -0.3 is 5.11 Å². The number of rotatable bonds is 3. The number of aryl methyl sites for hydroxylation is 1. The highest BCUT2D eigenvalue weighted by molar-refractivity contribution is 9.10. The molecule has 2 aromatic carbocycles. The van der Waals surface area contributed by atoms with Crippen molar-refractivity contribution < 1.29 is 9.90 Å². The molecule has 0 aliphatic carbocycles. The second-order valence-corrected chi connectivity index (χ2v) is 5.68. The number of amides is 1. The smallest absolute Gasteiger partial charge is 0.271 e. The van der Waals surface area contributed by atoms with E-state index in [-0.39, 0.29) is 11.7 Å². The summed E-state index contributed by atoms with van der Waals surface area (Å²) in [5.41, 5.74) is 4.31. The Morgan fingerprint density at radius 1 is 1.38 bits per heavy atom. The van der Waals surface area contributed by atoms with Crippen molar-refractivity contribution in [3.8, 4) is 5.75 Å². The van der Waals surface area contributed by atoms with Gasteiger partial charge in [-0.1, -0.05) is 29.3 Å².